The molecule has 1 aliphatic rings. The van der Waals surface area contributed by atoms with E-state index >= 15 is 0 Å². The summed E-state index contributed by atoms with van der Waals surface area (Å²) in [7, 11) is 0. The Balaban J connectivity index is 2.28. The van der Waals surface area contributed by atoms with Gasteiger partial charge >= 0.3 is 0 Å². The summed E-state index contributed by atoms with van der Waals surface area (Å²) in [6, 6.07) is 8.08. The van der Waals surface area contributed by atoms with Crippen LogP contribution in [0.25, 0.3) is 0 Å². The minimum atomic E-state index is 0.199. The molecular weight excluding hydrogens is 170 g/mol. The largest absolute Gasteiger partial charge is 0.307 e. The highest BCUT2D eigenvalue weighted by molar-refractivity contribution is 6.30. The highest BCUT2D eigenvalue weighted by Crippen LogP contribution is 2.30. The van der Waals surface area contributed by atoms with Crippen LogP contribution in [0.15, 0.2) is 24.3 Å². The number of hydrogen-bond acceptors (Lipinski definition) is 1. The third kappa shape index (κ3) is 1.23. The Morgan fingerprint density at radius 1 is 1.33 bits per heavy atom. The van der Waals surface area contributed by atoms with Crippen LogP contribution in [-0.4, -0.2) is 6.54 Å². The molecule has 1 nitrogen and oxygen atoms in total. The van der Waals surface area contributed by atoms with Crippen molar-refractivity contribution in [2.24, 2.45) is 0 Å². The van der Waals surface area contributed by atoms with Crippen LogP contribution in [-0.2, 0) is 5.54 Å². The lowest BCUT2D eigenvalue weighted by atomic mass is 9.83. The van der Waals surface area contributed by atoms with E-state index in [2.05, 4.69) is 24.4 Å². The molecule has 0 aromatic heterocycles. The standard InChI is InChI=1S/C10H12ClN/c1-10(6-7-12-10)8-2-4-9(11)5-3-8/h2-5,12H,6-7H2,1H3. The van der Waals surface area contributed by atoms with E-state index in [0.29, 0.717) is 0 Å². The van der Waals surface area contributed by atoms with Crippen LogP contribution >= 0.6 is 11.6 Å². The highest BCUT2D eigenvalue weighted by Gasteiger charge is 2.32. The van der Waals surface area contributed by atoms with Gasteiger partial charge in [0.25, 0.3) is 0 Å². The van der Waals surface area contributed by atoms with Crippen LogP contribution in [0.1, 0.15) is 18.9 Å². The molecule has 0 saturated carbocycles. The first-order valence-corrected chi connectivity index (χ1v) is 4.60. The predicted molar refractivity (Wildman–Crippen MR) is 51.4 cm³/mol. The Hall–Kier alpha value is -0.530. The molecule has 1 unspecified atom stereocenters. The van der Waals surface area contributed by atoms with Gasteiger partial charge in [-0.05, 0) is 37.6 Å². The summed E-state index contributed by atoms with van der Waals surface area (Å²) in [5, 5.41) is 4.22. The van der Waals surface area contributed by atoms with E-state index in [1.54, 1.807) is 0 Å². The number of hydrogen-bond donors (Lipinski definition) is 1. The van der Waals surface area contributed by atoms with Crippen molar-refractivity contribution in [3.05, 3.63) is 34.9 Å². The molecule has 0 amide bonds. The molecule has 1 aromatic rings. The number of halogens is 1. The summed E-state index contributed by atoms with van der Waals surface area (Å²) in [5.74, 6) is 0. The maximum atomic E-state index is 5.80. The zero-order valence-corrected chi connectivity index (χ0v) is 7.86. The lowest BCUT2D eigenvalue weighted by Crippen LogP contribution is -2.51. The van der Waals surface area contributed by atoms with Crippen molar-refractivity contribution in [3.8, 4) is 0 Å². The highest BCUT2D eigenvalue weighted by atomic mass is 35.5. The second-order valence-electron chi connectivity index (χ2n) is 3.52. The van der Waals surface area contributed by atoms with Gasteiger partial charge in [-0.2, -0.15) is 0 Å². The van der Waals surface area contributed by atoms with Crippen molar-refractivity contribution in [3.63, 3.8) is 0 Å². The summed E-state index contributed by atoms with van der Waals surface area (Å²) in [6.07, 6.45) is 1.22. The third-order valence-corrected chi connectivity index (χ3v) is 2.87. The van der Waals surface area contributed by atoms with Crippen molar-refractivity contribution >= 4 is 11.6 Å². The molecule has 12 heavy (non-hydrogen) atoms. The molecule has 1 atom stereocenters. The lowest BCUT2D eigenvalue weighted by molar-refractivity contribution is 0.237. The Kier molecular flexibility index (Phi) is 1.85. The Morgan fingerprint density at radius 2 is 1.92 bits per heavy atom. The average molecular weight is 182 g/mol. The summed E-state index contributed by atoms with van der Waals surface area (Å²) in [6.45, 7) is 3.35. The second kappa shape index (κ2) is 2.75. The van der Waals surface area contributed by atoms with Crippen molar-refractivity contribution in [1.29, 1.82) is 0 Å². The van der Waals surface area contributed by atoms with Gasteiger partial charge in [-0.1, -0.05) is 23.7 Å². The van der Waals surface area contributed by atoms with Crippen molar-refractivity contribution in [1.82, 2.24) is 5.32 Å². The number of nitrogens with one attached hydrogen (secondary N) is 1. The van der Waals surface area contributed by atoms with E-state index in [0.717, 1.165) is 11.6 Å². The molecule has 0 spiro atoms. The van der Waals surface area contributed by atoms with Crippen molar-refractivity contribution in [2.75, 3.05) is 6.54 Å². The van der Waals surface area contributed by atoms with Gasteiger partial charge in [-0.25, -0.2) is 0 Å². The first-order valence-electron chi connectivity index (χ1n) is 4.22. The van der Waals surface area contributed by atoms with E-state index in [1.165, 1.54) is 12.0 Å². The van der Waals surface area contributed by atoms with Gasteiger partial charge in [0.15, 0.2) is 0 Å². The van der Waals surface area contributed by atoms with Gasteiger partial charge in [0, 0.05) is 10.6 Å². The van der Waals surface area contributed by atoms with Crippen LogP contribution in [0.3, 0.4) is 0 Å². The minimum absolute atomic E-state index is 0.199. The Morgan fingerprint density at radius 3 is 2.33 bits per heavy atom. The van der Waals surface area contributed by atoms with E-state index in [1.807, 2.05) is 12.1 Å². The fourth-order valence-electron chi connectivity index (χ4n) is 1.56. The molecule has 2 heteroatoms. The van der Waals surface area contributed by atoms with Crippen LogP contribution in [0.5, 0.6) is 0 Å². The Bertz CT molecular complexity index is 274. The molecule has 1 fully saturated rings. The third-order valence-electron chi connectivity index (χ3n) is 2.62. The molecule has 0 radical (unpaired) electrons. The molecule has 1 N–H and O–H groups in total. The minimum Gasteiger partial charge on any atom is -0.307 e. The topological polar surface area (TPSA) is 12.0 Å². The van der Waals surface area contributed by atoms with Crippen molar-refractivity contribution in [2.45, 2.75) is 18.9 Å². The van der Waals surface area contributed by atoms with Gasteiger partial charge in [0.2, 0.25) is 0 Å². The summed E-state index contributed by atoms with van der Waals surface area (Å²) < 4.78 is 0. The van der Waals surface area contributed by atoms with Gasteiger partial charge in [-0.15, -0.1) is 0 Å². The quantitative estimate of drug-likeness (QED) is 0.702. The first-order chi connectivity index (χ1) is 5.71. The monoisotopic (exact) mass is 181 g/mol. The van der Waals surface area contributed by atoms with Gasteiger partial charge in [0.05, 0.1) is 0 Å². The van der Waals surface area contributed by atoms with Crippen molar-refractivity contribution < 1.29 is 0 Å². The van der Waals surface area contributed by atoms with Crippen LogP contribution in [0.2, 0.25) is 5.02 Å². The summed E-state index contributed by atoms with van der Waals surface area (Å²) >= 11 is 5.80. The molecule has 2 rings (SSSR count). The fourth-order valence-corrected chi connectivity index (χ4v) is 1.69. The molecule has 1 heterocycles. The number of benzene rings is 1. The molecule has 0 aliphatic carbocycles. The van der Waals surface area contributed by atoms with E-state index < -0.39 is 0 Å². The SMILES string of the molecule is CC1(c2ccc(Cl)cc2)CCN1. The van der Waals surface area contributed by atoms with Gasteiger partial charge in [0.1, 0.15) is 0 Å². The molecule has 1 aliphatic heterocycles. The van der Waals surface area contributed by atoms with Gasteiger partial charge in [-0.3, -0.25) is 0 Å². The summed E-state index contributed by atoms with van der Waals surface area (Å²) in [5.41, 5.74) is 1.53. The molecular formula is C10H12ClN. The average Bonchev–Trinajstić information content (AvgIpc) is 2.02. The van der Waals surface area contributed by atoms with Crippen LogP contribution in [0.4, 0.5) is 0 Å². The normalized spacial score (nSPS) is 28.2. The maximum absolute atomic E-state index is 5.80. The summed E-state index contributed by atoms with van der Waals surface area (Å²) in [4.78, 5) is 0. The zero-order valence-electron chi connectivity index (χ0n) is 7.10. The molecule has 1 aromatic carbocycles. The predicted octanol–water partition coefficient (Wildman–Crippen LogP) is 2.55. The van der Waals surface area contributed by atoms with Crippen LogP contribution < -0.4 is 5.32 Å². The van der Waals surface area contributed by atoms with E-state index in [4.69, 9.17) is 11.6 Å². The smallest absolute Gasteiger partial charge is 0.0418 e. The Labute approximate surface area is 77.7 Å². The maximum Gasteiger partial charge on any atom is 0.0418 e. The molecule has 0 bridgehead atoms. The van der Waals surface area contributed by atoms with E-state index in [-0.39, 0.29) is 5.54 Å². The molecule has 64 valence electrons. The number of rotatable bonds is 1. The van der Waals surface area contributed by atoms with Gasteiger partial charge < -0.3 is 5.32 Å². The zero-order chi connectivity index (χ0) is 8.60. The first kappa shape index (κ1) is 8.09. The second-order valence-corrected chi connectivity index (χ2v) is 3.95. The molecule has 1 saturated heterocycles. The lowest BCUT2D eigenvalue weighted by Gasteiger charge is -2.40. The fraction of sp³-hybridized carbons (Fsp3) is 0.400. The van der Waals surface area contributed by atoms with Crippen LogP contribution in [0, 0.1) is 0 Å². The van der Waals surface area contributed by atoms with E-state index in [9.17, 15) is 0 Å².